The SMILES string of the molecule is O=C(OCC1(COC(=O)c2cccc(-c3ncn[nH]3)c2)CC1)c1cccc(-c2ncn[nH]2)c1. The standard InChI is InChI=1S/C23H20N6O4/c30-21(17-5-1-3-15(9-17)19-24-13-26-28-19)32-11-23(7-8-23)12-33-22(31)18-6-2-4-16(10-18)20-25-14-27-29-20/h1-6,9-10,13-14H,7-8,11-12H2,(H,24,26,28)(H,25,27,29). The minimum Gasteiger partial charge on any atom is -0.461 e. The van der Waals surface area contributed by atoms with Crippen LogP contribution in [-0.2, 0) is 9.47 Å². The van der Waals surface area contributed by atoms with Gasteiger partial charge in [0.15, 0.2) is 11.6 Å². The predicted molar refractivity (Wildman–Crippen MR) is 116 cm³/mol. The smallest absolute Gasteiger partial charge is 0.338 e. The third kappa shape index (κ3) is 4.64. The van der Waals surface area contributed by atoms with Crippen molar-refractivity contribution in [1.82, 2.24) is 30.4 Å². The quantitative estimate of drug-likeness (QED) is 0.396. The van der Waals surface area contributed by atoms with Crippen molar-refractivity contribution in [2.75, 3.05) is 13.2 Å². The van der Waals surface area contributed by atoms with Crippen LogP contribution in [0.15, 0.2) is 61.2 Å². The van der Waals surface area contributed by atoms with Gasteiger partial charge < -0.3 is 9.47 Å². The van der Waals surface area contributed by atoms with Crippen LogP contribution in [-0.4, -0.2) is 55.5 Å². The maximum atomic E-state index is 12.6. The zero-order valence-corrected chi connectivity index (χ0v) is 17.5. The first-order chi connectivity index (χ1) is 16.1. The lowest BCUT2D eigenvalue weighted by atomic mass is 10.1. The Morgan fingerprint density at radius 3 is 1.67 bits per heavy atom. The number of carbonyl (C=O) groups is 2. The zero-order valence-electron chi connectivity index (χ0n) is 17.5. The van der Waals surface area contributed by atoms with E-state index in [1.807, 2.05) is 12.1 Å². The van der Waals surface area contributed by atoms with Crippen molar-refractivity contribution in [1.29, 1.82) is 0 Å². The molecule has 33 heavy (non-hydrogen) atoms. The molecule has 1 aliphatic carbocycles. The molecule has 0 atom stereocenters. The third-order valence-electron chi connectivity index (χ3n) is 5.55. The molecule has 0 spiro atoms. The molecule has 1 aliphatic rings. The Bertz CT molecular complexity index is 1170. The number of aromatic amines is 2. The molecule has 0 bridgehead atoms. The van der Waals surface area contributed by atoms with Gasteiger partial charge in [0.25, 0.3) is 0 Å². The molecular formula is C23H20N6O4. The van der Waals surface area contributed by atoms with Crippen molar-refractivity contribution in [2.45, 2.75) is 12.8 Å². The van der Waals surface area contributed by atoms with Gasteiger partial charge in [0, 0.05) is 16.5 Å². The van der Waals surface area contributed by atoms with Gasteiger partial charge in [-0.3, -0.25) is 10.2 Å². The number of benzene rings is 2. The van der Waals surface area contributed by atoms with Gasteiger partial charge in [0.2, 0.25) is 0 Å². The molecule has 5 rings (SSSR count). The maximum Gasteiger partial charge on any atom is 0.338 e. The Labute approximate surface area is 188 Å². The fourth-order valence-corrected chi connectivity index (χ4v) is 3.39. The van der Waals surface area contributed by atoms with E-state index in [1.54, 1.807) is 36.4 Å². The molecule has 2 aromatic carbocycles. The molecule has 0 amide bonds. The van der Waals surface area contributed by atoms with E-state index in [0.29, 0.717) is 22.8 Å². The first-order valence-corrected chi connectivity index (χ1v) is 10.4. The minimum atomic E-state index is -0.436. The molecule has 1 fully saturated rings. The van der Waals surface area contributed by atoms with Gasteiger partial charge in [-0.05, 0) is 37.1 Å². The van der Waals surface area contributed by atoms with E-state index in [2.05, 4.69) is 30.4 Å². The fraction of sp³-hybridized carbons (Fsp3) is 0.217. The second-order valence-corrected chi connectivity index (χ2v) is 7.98. The van der Waals surface area contributed by atoms with Gasteiger partial charge in [-0.15, -0.1) is 0 Å². The molecule has 10 heteroatoms. The summed E-state index contributed by atoms with van der Waals surface area (Å²) >= 11 is 0. The summed E-state index contributed by atoms with van der Waals surface area (Å²) in [5, 5.41) is 13.2. The number of aromatic nitrogens is 6. The number of nitrogens with zero attached hydrogens (tertiary/aromatic N) is 4. The predicted octanol–water partition coefficient (Wildman–Crippen LogP) is 3.05. The molecule has 2 heterocycles. The van der Waals surface area contributed by atoms with Gasteiger partial charge in [0.05, 0.1) is 11.1 Å². The summed E-state index contributed by atoms with van der Waals surface area (Å²) in [6, 6.07) is 13.9. The number of hydrogen-bond donors (Lipinski definition) is 2. The molecule has 10 nitrogen and oxygen atoms in total. The molecular weight excluding hydrogens is 424 g/mol. The summed E-state index contributed by atoms with van der Waals surface area (Å²) in [5.74, 6) is 0.271. The van der Waals surface area contributed by atoms with Crippen LogP contribution in [0.25, 0.3) is 22.8 Å². The first kappa shape index (κ1) is 20.6. The van der Waals surface area contributed by atoms with E-state index < -0.39 is 11.9 Å². The van der Waals surface area contributed by atoms with Gasteiger partial charge in [-0.2, -0.15) is 10.2 Å². The number of carbonyl (C=O) groups excluding carboxylic acids is 2. The van der Waals surface area contributed by atoms with Crippen LogP contribution in [0.2, 0.25) is 0 Å². The zero-order chi connectivity index (χ0) is 22.7. The number of esters is 2. The number of rotatable bonds is 8. The van der Waals surface area contributed by atoms with E-state index in [1.165, 1.54) is 12.7 Å². The summed E-state index contributed by atoms with van der Waals surface area (Å²) < 4.78 is 11.1. The fourth-order valence-electron chi connectivity index (χ4n) is 3.39. The highest BCUT2D eigenvalue weighted by Gasteiger charge is 2.45. The maximum absolute atomic E-state index is 12.6. The Morgan fingerprint density at radius 1 is 0.788 bits per heavy atom. The highest BCUT2D eigenvalue weighted by molar-refractivity contribution is 5.91. The summed E-state index contributed by atoms with van der Waals surface area (Å²) in [6.45, 7) is 0.369. The van der Waals surface area contributed by atoms with E-state index in [4.69, 9.17) is 9.47 Å². The minimum absolute atomic E-state index is 0.184. The Kier molecular flexibility index (Phi) is 5.39. The molecule has 0 radical (unpaired) electrons. The van der Waals surface area contributed by atoms with Crippen molar-refractivity contribution in [3.8, 4) is 22.8 Å². The second kappa shape index (κ2) is 8.65. The molecule has 4 aromatic rings. The van der Waals surface area contributed by atoms with Crippen molar-refractivity contribution >= 4 is 11.9 Å². The van der Waals surface area contributed by atoms with Crippen molar-refractivity contribution in [3.05, 3.63) is 72.3 Å². The van der Waals surface area contributed by atoms with Crippen LogP contribution >= 0.6 is 0 Å². The Balaban J connectivity index is 1.17. The summed E-state index contributed by atoms with van der Waals surface area (Å²) in [6.07, 6.45) is 4.46. The lowest BCUT2D eigenvalue weighted by Crippen LogP contribution is -2.22. The summed E-state index contributed by atoms with van der Waals surface area (Å²) in [7, 11) is 0. The lowest BCUT2D eigenvalue weighted by molar-refractivity contribution is 0.0211. The van der Waals surface area contributed by atoms with Gasteiger partial charge in [-0.1, -0.05) is 24.3 Å². The summed E-state index contributed by atoms with van der Waals surface area (Å²) in [5.41, 5.74) is 1.98. The number of nitrogens with one attached hydrogen (secondary N) is 2. The average molecular weight is 444 g/mol. The van der Waals surface area contributed by atoms with Crippen LogP contribution in [0, 0.1) is 5.41 Å². The van der Waals surface area contributed by atoms with Crippen molar-refractivity contribution < 1.29 is 19.1 Å². The largest absolute Gasteiger partial charge is 0.461 e. The van der Waals surface area contributed by atoms with E-state index in [0.717, 1.165) is 24.0 Å². The molecule has 1 saturated carbocycles. The van der Waals surface area contributed by atoms with Crippen molar-refractivity contribution in [3.63, 3.8) is 0 Å². The van der Waals surface area contributed by atoms with Crippen molar-refractivity contribution in [2.24, 2.45) is 5.41 Å². The molecule has 0 unspecified atom stereocenters. The van der Waals surface area contributed by atoms with Gasteiger partial charge >= 0.3 is 11.9 Å². The Hall–Kier alpha value is -4.34. The number of H-pyrrole nitrogens is 2. The van der Waals surface area contributed by atoms with Crippen LogP contribution in [0.3, 0.4) is 0 Å². The van der Waals surface area contributed by atoms with Gasteiger partial charge in [-0.25, -0.2) is 19.6 Å². The highest BCUT2D eigenvalue weighted by Crippen LogP contribution is 2.46. The summed E-state index contributed by atoms with van der Waals surface area (Å²) in [4.78, 5) is 33.3. The average Bonchev–Trinajstić information content (AvgIpc) is 3.25. The lowest BCUT2D eigenvalue weighted by Gasteiger charge is -2.16. The van der Waals surface area contributed by atoms with Crippen LogP contribution in [0.5, 0.6) is 0 Å². The first-order valence-electron chi connectivity index (χ1n) is 10.4. The van der Waals surface area contributed by atoms with Crippen LogP contribution < -0.4 is 0 Å². The highest BCUT2D eigenvalue weighted by atomic mass is 16.5. The molecule has 166 valence electrons. The second-order valence-electron chi connectivity index (χ2n) is 7.98. The molecule has 0 aliphatic heterocycles. The number of ether oxygens (including phenoxy) is 2. The van der Waals surface area contributed by atoms with Crippen LogP contribution in [0.4, 0.5) is 0 Å². The van der Waals surface area contributed by atoms with Gasteiger partial charge in [0.1, 0.15) is 25.9 Å². The van der Waals surface area contributed by atoms with E-state index >= 15 is 0 Å². The Morgan fingerprint density at radius 2 is 1.27 bits per heavy atom. The normalized spacial score (nSPS) is 13.9. The molecule has 0 saturated heterocycles. The monoisotopic (exact) mass is 444 g/mol. The van der Waals surface area contributed by atoms with E-state index in [9.17, 15) is 9.59 Å². The van der Waals surface area contributed by atoms with Crippen LogP contribution in [0.1, 0.15) is 33.6 Å². The number of hydrogen-bond acceptors (Lipinski definition) is 8. The molecule has 2 N–H and O–H groups in total. The topological polar surface area (TPSA) is 136 Å². The van der Waals surface area contributed by atoms with E-state index in [-0.39, 0.29) is 18.6 Å². The third-order valence-corrected chi connectivity index (χ3v) is 5.55. The molecule has 2 aromatic heterocycles.